The predicted molar refractivity (Wildman–Crippen MR) is 94.5 cm³/mol. The van der Waals surface area contributed by atoms with Crippen molar-refractivity contribution in [3.8, 4) is 11.3 Å². The van der Waals surface area contributed by atoms with E-state index < -0.39 is 0 Å². The molecule has 1 fully saturated rings. The van der Waals surface area contributed by atoms with Gasteiger partial charge in [0, 0.05) is 17.5 Å². The fraction of sp³-hybridized carbons (Fsp3) is 0.474. The molecule has 1 aliphatic heterocycles. The standard InChI is InChI=1S/C19H20N2O2S/c22-11-13-10-21-17(23)15-16(20-18(21)24-13)14-6-2-1-5-12(14)9-19(15)7-3-4-8-19/h1-2,5-6,13,22H,3-4,7-11H2. The lowest BCUT2D eigenvalue weighted by Gasteiger charge is -2.36. The van der Waals surface area contributed by atoms with E-state index in [0.717, 1.165) is 41.2 Å². The van der Waals surface area contributed by atoms with E-state index in [0.29, 0.717) is 6.54 Å². The van der Waals surface area contributed by atoms with Gasteiger partial charge in [0.1, 0.15) is 0 Å². The van der Waals surface area contributed by atoms with Gasteiger partial charge in [0.2, 0.25) is 0 Å². The van der Waals surface area contributed by atoms with Gasteiger partial charge < -0.3 is 5.11 Å². The van der Waals surface area contributed by atoms with Crippen LogP contribution in [-0.4, -0.2) is 26.5 Å². The first-order chi connectivity index (χ1) is 11.7. The molecule has 1 spiro atoms. The molecule has 0 saturated heterocycles. The molecule has 0 bridgehead atoms. The van der Waals surface area contributed by atoms with Crippen LogP contribution in [0.3, 0.4) is 0 Å². The normalized spacial score (nSPS) is 23.1. The Balaban J connectivity index is 1.81. The highest BCUT2D eigenvalue weighted by Gasteiger charge is 2.45. The molecule has 2 aromatic rings. The molecule has 2 aliphatic carbocycles. The summed E-state index contributed by atoms with van der Waals surface area (Å²) in [6.07, 6.45) is 5.51. The molecule has 3 aliphatic rings. The zero-order chi connectivity index (χ0) is 16.3. The fourth-order valence-electron chi connectivity index (χ4n) is 4.78. The molecule has 4 nitrogen and oxygen atoms in total. The zero-order valence-electron chi connectivity index (χ0n) is 13.5. The number of hydrogen-bond donors (Lipinski definition) is 1. The quantitative estimate of drug-likeness (QED) is 0.811. The second-order valence-electron chi connectivity index (χ2n) is 7.28. The number of aliphatic hydroxyl groups is 1. The maximum atomic E-state index is 13.4. The van der Waals surface area contributed by atoms with Gasteiger partial charge in [-0.25, -0.2) is 4.98 Å². The number of rotatable bonds is 1. The highest BCUT2D eigenvalue weighted by atomic mass is 32.2. The van der Waals surface area contributed by atoms with Crippen LogP contribution in [0.4, 0.5) is 0 Å². The number of hydrogen-bond acceptors (Lipinski definition) is 4. The molecule has 2 heterocycles. The third-order valence-electron chi connectivity index (χ3n) is 5.89. The average Bonchev–Trinajstić information content (AvgIpc) is 3.22. The van der Waals surface area contributed by atoms with E-state index in [1.807, 2.05) is 6.07 Å². The zero-order valence-corrected chi connectivity index (χ0v) is 14.3. The van der Waals surface area contributed by atoms with E-state index in [1.165, 1.54) is 30.2 Å². The third-order valence-corrected chi connectivity index (χ3v) is 7.04. The van der Waals surface area contributed by atoms with Crippen molar-refractivity contribution >= 4 is 11.8 Å². The van der Waals surface area contributed by atoms with Crippen molar-refractivity contribution in [1.82, 2.24) is 9.55 Å². The van der Waals surface area contributed by atoms with Crippen LogP contribution in [0.2, 0.25) is 0 Å². The summed E-state index contributed by atoms with van der Waals surface area (Å²) in [5.41, 5.74) is 4.40. The van der Waals surface area contributed by atoms with Gasteiger partial charge in [-0.05, 0) is 24.8 Å². The average molecular weight is 340 g/mol. The summed E-state index contributed by atoms with van der Waals surface area (Å²) >= 11 is 1.53. The maximum Gasteiger partial charge on any atom is 0.258 e. The van der Waals surface area contributed by atoms with Gasteiger partial charge in [-0.3, -0.25) is 9.36 Å². The first kappa shape index (κ1) is 14.7. The van der Waals surface area contributed by atoms with Crippen molar-refractivity contribution < 1.29 is 5.11 Å². The largest absolute Gasteiger partial charge is 0.395 e. The van der Waals surface area contributed by atoms with Crippen molar-refractivity contribution in [3.63, 3.8) is 0 Å². The minimum atomic E-state index is -0.0300. The molecule has 1 saturated carbocycles. The fourth-order valence-corrected chi connectivity index (χ4v) is 5.81. The van der Waals surface area contributed by atoms with Gasteiger partial charge in [0.05, 0.1) is 23.1 Å². The lowest BCUT2D eigenvalue weighted by Crippen LogP contribution is -2.40. The molecule has 5 rings (SSSR count). The summed E-state index contributed by atoms with van der Waals surface area (Å²) in [6, 6.07) is 8.41. The maximum absolute atomic E-state index is 13.4. The number of thioether (sulfide) groups is 1. The smallest absolute Gasteiger partial charge is 0.258 e. The van der Waals surface area contributed by atoms with Crippen LogP contribution < -0.4 is 5.56 Å². The lowest BCUT2D eigenvalue weighted by atomic mass is 9.68. The summed E-state index contributed by atoms with van der Waals surface area (Å²) in [5.74, 6) is 0. The van der Waals surface area contributed by atoms with Crippen molar-refractivity contribution in [2.75, 3.05) is 6.61 Å². The molecule has 1 aromatic heterocycles. The van der Waals surface area contributed by atoms with Crippen LogP contribution in [0.5, 0.6) is 0 Å². The van der Waals surface area contributed by atoms with Crippen molar-refractivity contribution in [3.05, 3.63) is 45.7 Å². The van der Waals surface area contributed by atoms with E-state index >= 15 is 0 Å². The van der Waals surface area contributed by atoms with Gasteiger partial charge in [-0.2, -0.15) is 0 Å². The van der Waals surface area contributed by atoms with Crippen LogP contribution in [-0.2, 0) is 18.4 Å². The van der Waals surface area contributed by atoms with Crippen LogP contribution in [0.15, 0.2) is 34.2 Å². The summed E-state index contributed by atoms with van der Waals surface area (Å²) in [5, 5.41) is 10.3. The van der Waals surface area contributed by atoms with Gasteiger partial charge >= 0.3 is 0 Å². The summed E-state index contributed by atoms with van der Waals surface area (Å²) in [6.45, 7) is 0.660. The number of aliphatic hydroxyl groups excluding tert-OH is 1. The Labute approximate surface area is 144 Å². The predicted octanol–water partition coefficient (Wildman–Crippen LogP) is 2.74. The van der Waals surface area contributed by atoms with Crippen LogP contribution >= 0.6 is 11.8 Å². The Hall–Kier alpha value is -1.59. The second-order valence-corrected chi connectivity index (χ2v) is 8.55. The summed E-state index contributed by atoms with van der Waals surface area (Å²) in [4.78, 5) is 18.3. The molecule has 124 valence electrons. The molecular weight excluding hydrogens is 320 g/mol. The Kier molecular flexibility index (Phi) is 3.19. The van der Waals surface area contributed by atoms with Crippen molar-refractivity contribution in [2.24, 2.45) is 0 Å². The number of aromatic nitrogens is 2. The highest BCUT2D eigenvalue weighted by Crippen LogP contribution is 2.50. The van der Waals surface area contributed by atoms with Gasteiger partial charge in [-0.1, -0.05) is 48.9 Å². The molecule has 0 radical (unpaired) electrons. The molecule has 1 atom stereocenters. The van der Waals surface area contributed by atoms with Gasteiger partial charge in [-0.15, -0.1) is 0 Å². The first-order valence-electron chi connectivity index (χ1n) is 8.73. The number of benzene rings is 1. The molecule has 24 heavy (non-hydrogen) atoms. The summed E-state index contributed by atoms with van der Waals surface area (Å²) in [7, 11) is 0. The van der Waals surface area contributed by atoms with Gasteiger partial charge in [0.25, 0.3) is 5.56 Å². The first-order valence-corrected chi connectivity index (χ1v) is 9.61. The summed E-state index contributed by atoms with van der Waals surface area (Å²) < 4.78 is 1.80. The van der Waals surface area contributed by atoms with Crippen LogP contribution in [0.1, 0.15) is 36.8 Å². The Morgan fingerprint density at radius 3 is 2.88 bits per heavy atom. The van der Waals surface area contributed by atoms with E-state index in [-0.39, 0.29) is 22.8 Å². The number of nitrogens with zero attached hydrogens (tertiary/aromatic N) is 2. The Morgan fingerprint density at radius 2 is 2.08 bits per heavy atom. The molecular formula is C19H20N2O2S. The molecule has 5 heteroatoms. The molecule has 0 amide bonds. The second kappa shape index (κ2) is 5.20. The van der Waals surface area contributed by atoms with E-state index in [2.05, 4.69) is 18.2 Å². The molecule has 1 unspecified atom stereocenters. The third kappa shape index (κ3) is 1.91. The van der Waals surface area contributed by atoms with E-state index in [9.17, 15) is 9.90 Å². The van der Waals surface area contributed by atoms with Crippen LogP contribution in [0.25, 0.3) is 11.3 Å². The Bertz CT molecular complexity index is 883. The molecule has 1 N–H and O–H groups in total. The number of fused-ring (bicyclic) bond motifs is 5. The van der Waals surface area contributed by atoms with Crippen molar-refractivity contribution in [1.29, 1.82) is 0 Å². The lowest BCUT2D eigenvalue weighted by molar-refractivity contribution is 0.287. The van der Waals surface area contributed by atoms with E-state index in [1.54, 1.807) is 4.57 Å². The SMILES string of the molecule is O=c1c2c(nc3n1CC(CO)S3)-c1ccccc1CC21CCCC1. The minimum Gasteiger partial charge on any atom is -0.395 e. The van der Waals surface area contributed by atoms with E-state index in [4.69, 9.17) is 4.98 Å². The molecule has 1 aromatic carbocycles. The topological polar surface area (TPSA) is 55.1 Å². The van der Waals surface area contributed by atoms with Crippen molar-refractivity contribution in [2.45, 2.75) is 54.5 Å². The minimum absolute atomic E-state index is 0.0300. The monoisotopic (exact) mass is 340 g/mol. The van der Waals surface area contributed by atoms with Gasteiger partial charge in [0.15, 0.2) is 5.16 Å². The Morgan fingerprint density at radius 1 is 1.29 bits per heavy atom. The van der Waals surface area contributed by atoms with Crippen LogP contribution in [0, 0.1) is 0 Å². The highest BCUT2D eigenvalue weighted by molar-refractivity contribution is 8.00.